The normalized spacial score (nSPS) is 22.9. The van der Waals surface area contributed by atoms with Crippen LogP contribution < -0.4 is 10.1 Å². The molecule has 0 spiro atoms. The van der Waals surface area contributed by atoms with E-state index in [-0.39, 0.29) is 17.3 Å². The molecule has 1 fully saturated rings. The average molecular weight is 293 g/mol. The topological polar surface area (TPSA) is 38.3 Å². The lowest BCUT2D eigenvalue weighted by atomic mass is 9.89. The Morgan fingerprint density at radius 3 is 2.90 bits per heavy atom. The van der Waals surface area contributed by atoms with Crippen LogP contribution >= 0.6 is 12.6 Å². The van der Waals surface area contributed by atoms with Gasteiger partial charge in [0.15, 0.2) is 0 Å². The number of benzene rings is 1. The van der Waals surface area contributed by atoms with E-state index < -0.39 is 0 Å². The number of thiol groups is 1. The van der Waals surface area contributed by atoms with Gasteiger partial charge in [-0.1, -0.05) is 19.1 Å². The van der Waals surface area contributed by atoms with Crippen molar-refractivity contribution in [1.82, 2.24) is 5.32 Å². The first-order valence-corrected chi connectivity index (χ1v) is 7.80. The standard InChI is InChI=1S/C16H23NO2S/c1-3-14(18)7-12-5-4-6-15(8-12)19-16-9-13(10-16)17-11(2)20/h4-6,8,11,13,16-17,20H,3,7,9-10H2,1-2H3. The zero-order valence-electron chi connectivity index (χ0n) is 12.1. The number of ether oxygens (including phenoxy) is 1. The van der Waals surface area contributed by atoms with Crippen LogP contribution in [0.3, 0.4) is 0 Å². The third-order valence-corrected chi connectivity index (χ3v) is 3.72. The van der Waals surface area contributed by atoms with Gasteiger partial charge >= 0.3 is 0 Å². The van der Waals surface area contributed by atoms with E-state index in [9.17, 15) is 4.79 Å². The Labute approximate surface area is 126 Å². The minimum Gasteiger partial charge on any atom is -0.490 e. The molecule has 0 heterocycles. The van der Waals surface area contributed by atoms with E-state index in [4.69, 9.17) is 4.74 Å². The van der Waals surface area contributed by atoms with Gasteiger partial charge in [0, 0.05) is 24.3 Å². The highest BCUT2D eigenvalue weighted by atomic mass is 32.1. The third-order valence-electron chi connectivity index (χ3n) is 3.57. The molecule has 0 amide bonds. The summed E-state index contributed by atoms with van der Waals surface area (Å²) in [6.07, 6.45) is 3.39. The molecule has 3 nitrogen and oxygen atoms in total. The van der Waals surface area contributed by atoms with Gasteiger partial charge in [-0.2, -0.15) is 12.6 Å². The van der Waals surface area contributed by atoms with Crippen LogP contribution in [-0.2, 0) is 11.2 Å². The molecule has 0 aliphatic heterocycles. The van der Waals surface area contributed by atoms with E-state index in [0.717, 1.165) is 24.2 Å². The van der Waals surface area contributed by atoms with Crippen LogP contribution in [0.4, 0.5) is 0 Å². The van der Waals surface area contributed by atoms with Crippen molar-refractivity contribution < 1.29 is 9.53 Å². The van der Waals surface area contributed by atoms with Gasteiger partial charge in [0.05, 0.1) is 0 Å². The molecule has 4 heteroatoms. The van der Waals surface area contributed by atoms with E-state index in [1.165, 1.54) is 0 Å². The molecule has 20 heavy (non-hydrogen) atoms. The molecule has 0 saturated heterocycles. The molecule has 1 atom stereocenters. The molecule has 0 aromatic heterocycles. The molecule has 0 radical (unpaired) electrons. The zero-order valence-corrected chi connectivity index (χ0v) is 13.0. The summed E-state index contributed by atoms with van der Waals surface area (Å²) < 4.78 is 5.94. The minimum absolute atomic E-state index is 0.226. The highest BCUT2D eigenvalue weighted by molar-refractivity contribution is 7.80. The summed E-state index contributed by atoms with van der Waals surface area (Å²) in [6, 6.07) is 8.39. The summed E-state index contributed by atoms with van der Waals surface area (Å²) in [4.78, 5) is 11.5. The predicted octanol–water partition coefficient (Wildman–Crippen LogP) is 2.98. The molecule has 1 N–H and O–H groups in total. The van der Waals surface area contributed by atoms with Crippen LogP contribution in [0.15, 0.2) is 24.3 Å². The molecule has 1 aromatic rings. The highest BCUT2D eigenvalue weighted by Gasteiger charge is 2.31. The van der Waals surface area contributed by atoms with Crippen molar-refractivity contribution in [2.24, 2.45) is 0 Å². The Kier molecular flexibility index (Phi) is 5.49. The second-order valence-electron chi connectivity index (χ2n) is 5.47. The second kappa shape index (κ2) is 7.14. The minimum atomic E-state index is 0.226. The molecule has 1 saturated carbocycles. The fourth-order valence-corrected chi connectivity index (χ4v) is 2.62. The molecule has 110 valence electrons. The lowest BCUT2D eigenvalue weighted by Gasteiger charge is -2.37. The molecular formula is C16H23NO2S. The fraction of sp³-hybridized carbons (Fsp3) is 0.562. The van der Waals surface area contributed by atoms with Crippen LogP contribution in [0, 0.1) is 0 Å². The van der Waals surface area contributed by atoms with Crippen LogP contribution in [0.5, 0.6) is 5.75 Å². The first-order chi connectivity index (χ1) is 9.56. The molecule has 0 bridgehead atoms. The largest absolute Gasteiger partial charge is 0.490 e. The smallest absolute Gasteiger partial charge is 0.136 e. The molecule has 1 aliphatic carbocycles. The van der Waals surface area contributed by atoms with Gasteiger partial charge in [-0.3, -0.25) is 4.79 Å². The van der Waals surface area contributed by atoms with Crippen molar-refractivity contribution in [1.29, 1.82) is 0 Å². The van der Waals surface area contributed by atoms with Crippen LogP contribution in [0.2, 0.25) is 0 Å². The number of ketones is 1. The van der Waals surface area contributed by atoms with Crippen LogP contribution in [-0.4, -0.2) is 23.3 Å². The first-order valence-electron chi connectivity index (χ1n) is 7.28. The van der Waals surface area contributed by atoms with Crippen molar-refractivity contribution in [3.8, 4) is 5.75 Å². The Morgan fingerprint density at radius 2 is 2.25 bits per heavy atom. The van der Waals surface area contributed by atoms with E-state index in [1.54, 1.807) is 0 Å². The quantitative estimate of drug-likeness (QED) is 0.599. The summed E-state index contributed by atoms with van der Waals surface area (Å²) in [7, 11) is 0. The number of Topliss-reactive ketones (excluding diaryl/α,β-unsaturated/α-hetero) is 1. The predicted molar refractivity (Wildman–Crippen MR) is 84.5 cm³/mol. The average Bonchev–Trinajstić information content (AvgIpc) is 2.36. The van der Waals surface area contributed by atoms with E-state index in [0.29, 0.717) is 18.9 Å². The van der Waals surface area contributed by atoms with E-state index in [2.05, 4.69) is 17.9 Å². The zero-order chi connectivity index (χ0) is 14.5. The van der Waals surface area contributed by atoms with Gasteiger partial charge in [0.1, 0.15) is 17.6 Å². The van der Waals surface area contributed by atoms with Crippen molar-refractivity contribution in [2.45, 2.75) is 57.1 Å². The number of carbonyl (C=O) groups excluding carboxylic acids is 1. The first kappa shape index (κ1) is 15.4. The van der Waals surface area contributed by atoms with Gasteiger partial charge in [-0.05, 0) is 37.5 Å². The van der Waals surface area contributed by atoms with E-state index >= 15 is 0 Å². The number of hydrogen-bond acceptors (Lipinski definition) is 4. The Hall–Kier alpha value is -1.00. The lowest BCUT2D eigenvalue weighted by Crippen LogP contribution is -2.48. The molecular weight excluding hydrogens is 270 g/mol. The SMILES string of the molecule is CCC(=O)Cc1cccc(OC2CC(NC(C)S)C2)c1. The van der Waals surface area contributed by atoms with Gasteiger partial charge in [-0.25, -0.2) is 0 Å². The van der Waals surface area contributed by atoms with E-state index in [1.807, 2.05) is 38.1 Å². The Bertz CT molecular complexity index is 456. The molecule has 1 aromatic carbocycles. The van der Waals surface area contributed by atoms with Gasteiger partial charge in [0.25, 0.3) is 0 Å². The second-order valence-corrected chi connectivity index (χ2v) is 6.24. The van der Waals surface area contributed by atoms with Gasteiger partial charge < -0.3 is 10.1 Å². The maximum absolute atomic E-state index is 11.5. The Balaban J connectivity index is 1.82. The summed E-state index contributed by atoms with van der Waals surface area (Å²) >= 11 is 4.32. The van der Waals surface area contributed by atoms with Crippen molar-refractivity contribution in [2.75, 3.05) is 0 Å². The molecule has 2 rings (SSSR count). The fourth-order valence-electron chi connectivity index (χ4n) is 2.41. The maximum atomic E-state index is 11.5. The maximum Gasteiger partial charge on any atom is 0.136 e. The lowest BCUT2D eigenvalue weighted by molar-refractivity contribution is -0.118. The summed E-state index contributed by atoms with van der Waals surface area (Å²) in [5.41, 5.74) is 1.03. The molecule has 1 aliphatic rings. The van der Waals surface area contributed by atoms with Gasteiger partial charge in [-0.15, -0.1) is 0 Å². The number of nitrogens with one attached hydrogen (secondary N) is 1. The summed E-state index contributed by atoms with van der Waals surface area (Å²) in [6.45, 7) is 3.93. The third kappa shape index (κ3) is 4.53. The van der Waals surface area contributed by atoms with Crippen LogP contribution in [0.25, 0.3) is 0 Å². The van der Waals surface area contributed by atoms with Crippen molar-refractivity contribution in [3.05, 3.63) is 29.8 Å². The highest BCUT2D eigenvalue weighted by Crippen LogP contribution is 2.27. The monoisotopic (exact) mass is 293 g/mol. The number of rotatable bonds is 7. The molecule has 1 unspecified atom stereocenters. The van der Waals surface area contributed by atoms with Crippen molar-refractivity contribution >= 4 is 18.4 Å². The number of hydrogen-bond donors (Lipinski definition) is 2. The van der Waals surface area contributed by atoms with Crippen LogP contribution in [0.1, 0.15) is 38.7 Å². The van der Waals surface area contributed by atoms with Gasteiger partial charge in [0.2, 0.25) is 0 Å². The Morgan fingerprint density at radius 1 is 1.50 bits per heavy atom. The summed E-state index contributed by atoms with van der Waals surface area (Å²) in [5.74, 6) is 1.13. The summed E-state index contributed by atoms with van der Waals surface area (Å²) in [5, 5.41) is 3.61. The number of carbonyl (C=O) groups is 1. The van der Waals surface area contributed by atoms with Crippen molar-refractivity contribution in [3.63, 3.8) is 0 Å².